The molecule has 0 amide bonds. The molecular formula is C21H35ClN4O2. The summed E-state index contributed by atoms with van der Waals surface area (Å²) in [5.74, 6) is 0.852. The molecule has 1 heterocycles. The highest BCUT2D eigenvalue weighted by Crippen LogP contribution is 2.27. The number of methoxy groups -OCH3 is 1. The fourth-order valence-corrected chi connectivity index (χ4v) is 3.54. The maximum Gasteiger partial charge on any atom is 0.191 e. The zero-order valence-corrected chi connectivity index (χ0v) is 18.0. The molecule has 1 aliphatic rings. The minimum atomic E-state index is 0.258. The molecule has 1 aromatic carbocycles. The van der Waals surface area contributed by atoms with Crippen molar-refractivity contribution >= 4 is 17.6 Å². The van der Waals surface area contributed by atoms with Gasteiger partial charge in [0.05, 0.1) is 25.8 Å². The Morgan fingerprint density at radius 1 is 1.21 bits per heavy atom. The van der Waals surface area contributed by atoms with Gasteiger partial charge in [0.25, 0.3) is 0 Å². The minimum Gasteiger partial charge on any atom is -0.382 e. The molecule has 1 saturated heterocycles. The van der Waals surface area contributed by atoms with Gasteiger partial charge in [0.15, 0.2) is 5.96 Å². The van der Waals surface area contributed by atoms with Crippen molar-refractivity contribution in [1.29, 1.82) is 0 Å². The third-order valence-electron chi connectivity index (χ3n) is 4.77. The lowest BCUT2D eigenvalue weighted by Crippen LogP contribution is -2.39. The van der Waals surface area contributed by atoms with Crippen LogP contribution >= 0.6 is 11.6 Å². The van der Waals surface area contributed by atoms with Crippen LogP contribution in [0.15, 0.2) is 29.3 Å². The van der Waals surface area contributed by atoms with Gasteiger partial charge in [-0.15, -0.1) is 0 Å². The van der Waals surface area contributed by atoms with Crippen LogP contribution in [0.5, 0.6) is 0 Å². The van der Waals surface area contributed by atoms with Gasteiger partial charge in [0.1, 0.15) is 0 Å². The highest BCUT2D eigenvalue weighted by atomic mass is 35.5. The van der Waals surface area contributed by atoms with E-state index in [-0.39, 0.29) is 6.04 Å². The topological polar surface area (TPSA) is 58.1 Å². The van der Waals surface area contributed by atoms with E-state index in [1.807, 2.05) is 12.1 Å². The lowest BCUT2D eigenvalue weighted by molar-refractivity contribution is 0.0698. The summed E-state index contributed by atoms with van der Waals surface area (Å²) in [6, 6.07) is 8.43. The highest BCUT2D eigenvalue weighted by molar-refractivity contribution is 6.30. The van der Waals surface area contributed by atoms with Crippen molar-refractivity contribution in [3.05, 3.63) is 34.9 Å². The van der Waals surface area contributed by atoms with E-state index in [4.69, 9.17) is 26.1 Å². The number of aliphatic imine (C=N–C) groups is 1. The van der Waals surface area contributed by atoms with E-state index < -0.39 is 0 Å². The fraction of sp³-hybridized carbons (Fsp3) is 0.667. The van der Waals surface area contributed by atoms with Crippen LogP contribution < -0.4 is 10.6 Å². The Hall–Kier alpha value is -1.34. The molecule has 1 aliphatic heterocycles. The van der Waals surface area contributed by atoms with Crippen LogP contribution in [0.1, 0.15) is 37.8 Å². The largest absolute Gasteiger partial charge is 0.382 e. The van der Waals surface area contributed by atoms with Gasteiger partial charge in [-0.05, 0) is 57.0 Å². The molecule has 0 aromatic heterocycles. The molecule has 1 atom stereocenters. The number of benzene rings is 1. The monoisotopic (exact) mass is 410 g/mol. The third kappa shape index (κ3) is 8.35. The number of guanidine groups is 1. The molecule has 0 aliphatic carbocycles. The van der Waals surface area contributed by atoms with E-state index in [0.29, 0.717) is 26.4 Å². The Morgan fingerprint density at radius 2 is 2.04 bits per heavy atom. The summed E-state index contributed by atoms with van der Waals surface area (Å²) in [7, 11) is 1.68. The predicted molar refractivity (Wildman–Crippen MR) is 116 cm³/mol. The SMILES string of the molecule is CCNC(=NCC(c1cccc(Cl)c1)N1CCCC1)NCCCOCCOC. The van der Waals surface area contributed by atoms with Gasteiger partial charge in [-0.2, -0.15) is 0 Å². The van der Waals surface area contributed by atoms with Crippen molar-refractivity contribution in [3.63, 3.8) is 0 Å². The molecule has 28 heavy (non-hydrogen) atoms. The first-order valence-corrected chi connectivity index (χ1v) is 10.7. The first kappa shape index (κ1) is 22.9. The van der Waals surface area contributed by atoms with Crippen LogP contribution in [0.25, 0.3) is 0 Å². The van der Waals surface area contributed by atoms with Gasteiger partial charge in [-0.25, -0.2) is 0 Å². The number of halogens is 1. The zero-order chi connectivity index (χ0) is 20.0. The summed E-state index contributed by atoms with van der Waals surface area (Å²) in [6.07, 6.45) is 3.43. The highest BCUT2D eigenvalue weighted by Gasteiger charge is 2.23. The van der Waals surface area contributed by atoms with Crippen LogP contribution in [-0.4, -0.2) is 70.5 Å². The minimum absolute atomic E-state index is 0.258. The average Bonchev–Trinajstić information content (AvgIpc) is 3.22. The molecule has 1 unspecified atom stereocenters. The Bertz CT molecular complexity index is 579. The lowest BCUT2D eigenvalue weighted by atomic mass is 10.1. The molecule has 158 valence electrons. The molecular weight excluding hydrogens is 376 g/mol. The van der Waals surface area contributed by atoms with Crippen LogP contribution in [-0.2, 0) is 9.47 Å². The van der Waals surface area contributed by atoms with E-state index in [9.17, 15) is 0 Å². The first-order chi connectivity index (χ1) is 13.7. The van der Waals surface area contributed by atoms with Crippen molar-refractivity contribution in [2.45, 2.75) is 32.2 Å². The number of hydrogen-bond acceptors (Lipinski definition) is 4. The standard InChI is InChI=1S/C21H35ClN4O2/c1-3-23-21(24-10-7-13-28-15-14-27-2)25-17-20(26-11-4-5-12-26)18-8-6-9-19(22)16-18/h6,8-9,16,20H,3-5,7,10-15,17H2,1-2H3,(H2,23,24,25). The van der Waals surface area contributed by atoms with Gasteiger partial charge >= 0.3 is 0 Å². The molecule has 1 fully saturated rings. The van der Waals surface area contributed by atoms with Crippen LogP contribution in [0.2, 0.25) is 5.02 Å². The lowest BCUT2D eigenvalue weighted by Gasteiger charge is -2.27. The first-order valence-electron chi connectivity index (χ1n) is 10.3. The van der Waals surface area contributed by atoms with Gasteiger partial charge in [-0.3, -0.25) is 9.89 Å². The number of likely N-dealkylation sites (tertiary alicyclic amines) is 1. The van der Waals surface area contributed by atoms with Crippen molar-refractivity contribution in [1.82, 2.24) is 15.5 Å². The van der Waals surface area contributed by atoms with E-state index in [1.54, 1.807) is 7.11 Å². The summed E-state index contributed by atoms with van der Waals surface area (Å²) in [6.45, 7) is 8.69. The van der Waals surface area contributed by atoms with E-state index in [0.717, 1.165) is 43.6 Å². The maximum absolute atomic E-state index is 6.24. The van der Waals surface area contributed by atoms with E-state index in [1.165, 1.54) is 18.4 Å². The summed E-state index contributed by atoms with van der Waals surface area (Å²) < 4.78 is 10.5. The quantitative estimate of drug-likeness (QED) is 0.315. The molecule has 0 saturated carbocycles. The zero-order valence-electron chi connectivity index (χ0n) is 17.3. The van der Waals surface area contributed by atoms with Gasteiger partial charge in [-0.1, -0.05) is 23.7 Å². The maximum atomic E-state index is 6.24. The summed E-state index contributed by atoms with van der Waals surface area (Å²) in [4.78, 5) is 7.38. The van der Waals surface area contributed by atoms with Crippen LogP contribution in [0.4, 0.5) is 0 Å². The Balaban J connectivity index is 1.90. The van der Waals surface area contributed by atoms with Crippen LogP contribution in [0, 0.1) is 0 Å². The summed E-state index contributed by atoms with van der Waals surface area (Å²) >= 11 is 6.24. The molecule has 6 nitrogen and oxygen atoms in total. The second kappa shape index (κ2) is 13.8. The second-order valence-electron chi connectivity index (χ2n) is 6.92. The smallest absolute Gasteiger partial charge is 0.191 e. The molecule has 0 spiro atoms. The second-order valence-corrected chi connectivity index (χ2v) is 7.36. The molecule has 7 heteroatoms. The average molecular weight is 411 g/mol. The predicted octanol–water partition coefficient (Wildman–Crippen LogP) is 3.09. The summed E-state index contributed by atoms with van der Waals surface area (Å²) in [5.41, 5.74) is 1.24. The number of rotatable bonds is 12. The number of ether oxygens (including phenoxy) is 2. The Kier molecular flexibility index (Phi) is 11.3. The van der Waals surface area contributed by atoms with E-state index >= 15 is 0 Å². The molecule has 0 radical (unpaired) electrons. The third-order valence-corrected chi connectivity index (χ3v) is 5.01. The number of nitrogens with one attached hydrogen (secondary N) is 2. The molecule has 2 N–H and O–H groups in total. The van der Waals surface area contributed by atoms with Crippen LogP contribution in [0.3, 0.4) is 0 Å². The normalized spacial score (nSPS) is 16.3. The Labute approximate surface area is 174 Å². The fourth-order valence-electron chi connectivity index (χ4n) is 3.34. The van der Waals surface area contributed by atoms with Crippen molar-refractivity contribution in [2.24, 2.45) is 4.99 Å². The van der Waals surface area contributed by atoms with Crippen molar-refractivity contribution in [3.8, 4) is 0 Å². The van der Waals surface area contributed by atoms with E-state index in [2.05, 4.69) is 34.6 Å². The number of hydrogen-bond donors (Lipinski definition) is 2. The van der Waals surface area contributed by atoms with Gasteiger partial charge < -0.3 is 20.1 Å². The summed E-state index contributed by atoms with van der Waals surface area (Å²) in [5, 5.41) is 7.52. The number of nitrogens with zero attached hydrogens (tertiary/aromatic N) is 2. The van der Waals surface area contributed by atoms with Gasteiger partial charge in [0, 0.05) is 31.8 Å². The Morgan fingerprint density at radius 3 is 2.75 bits per heavy atom. The molecule has 0 bridgehead atoms. The molecule has 2 rings (SSSR count). The van der Waals surface area contributed by atoms with Crippen molar-refractivity contribution < 1.29 is 9.47 Å². The van der Waals surface area contributed by atoms with Crippen molar-refractivity contribution in [2.75, 3.05) is 59.7 Å². The molecule has 1 aromatic rings. The van der Waals surface area contributed by atoms with Gasteiger partial charge in [0.2, 0.25) is 0 Å².